The Bertz CT molecular complexity index is 837. The summed E-state index contributed by atoms with van der Waals surface area (Å²) in [5.74, 6) is 3.22. The number of ether oxygens (including phenoxy) is 2. The van der Waals surface area contributed by atoms with Crippen LogP contribution in [0.5, 0.6) is 11.5 Å². The molecule has 4 rings (SSSR count). The molecule has 1 aliphatic heterocycles. The van der Waals surface area contributed by atoms with Gasteiger partial charge in [-0.05, 0) is 19.1 Å². The Hall–Kier alpha value is -3.09. The van der Waals surface area contributed by atoms with E-state index in [1.165, 1.54) is 0 Å². The van der Waals surface area contributed by atoms with Gasteiger partial charge in [-0.1, -0.05) is 12.1 Å². The molecule has 7 nitrogen and oxygen atoms in total. The second kappa shape index (κ2) is 6.80. The van der Waals surface area contributed by atoms with E-state index in [0.717, 1.165) is 29.7 Å². The average Bonchev–Trinajstić information content (AvgIpc) is 3.21. The molecule has 0 saturated heterocycles. The van der Waals surface area contributed by atoms with Crippen molar-refractivity contribution in [2.24, 2.45) is 0 Å². The van der Waals surface area contributed by atoms with E-state index in [-0.39, 0.29) is 6.10 Å². The molecule has 0 saturated carbocycles. The Balaban J connectivity index is 1.51. The van der Waals surface area contributed by atoms with Crippen LogP contribution in [0.4, 0.5) is 5.82 Å². The van der Waals surface area contributed by atoms with Crippen molar-refractivity contribution < 1.29 is 9.47 Å². The van der Waals surface area contributed by atoms with Crippen LogP contribution in [0.15, 0.2) is 55.4 Å². The predicted molar refractivity (Wildman–Crippen MR) is 93.4 cm³/mol. The number of nitrogens with zero attached hydrogens (tertiary/aromatic N) is 5. The zero-order valence-corrected chi connectivity index (χ0v) is 13.9. The standard InChI is InChI=1S/C18H19N5O2/c1-2-22(10-14-11-24-15-5-3-4-6-16(15)25-14)17-9-18(21-12-20-17)23-8-7-19-13-23/h3-9,12-14H,2,10-11H2,1H3. The van der Waals surface area contributed by atoms with Gasteiger partial charge in [-0.3, -0.25) is 4.57 Å². The lowest BCUT2D eigenvalue weighted by molar-refractivity contribution is 0.0953. The van der Waals surface area contributed by atoms with Crippen LogP contribution in [-0.2, 0) is 0 Å². The normalized spacial score (nSPS) is 15.8. The third kappa shape index (κ3) is 3.26. The van der Waals surface area contributed by atoms with E-state index >= 15 is 0 Å². The van der Waals surface area contributed by atoms with Gasteiger partial charge in [0.25, 0.3) is 0 Å². The van der Waals surface area contributed by atoms with Crippen LogP contribution < -0.4 is 14.4 Å². The number of rotatable bonds is 5. The molecule has 128 valence electrons. The molecule has 0 fully saturated rings. The number of benzene rings is 1. The van der Waals surface area contributed by atoms with E-state index in [0.29, 0.717) is 13.2 Å². The summed E-state index contributed by atoms with van der Waals surface area (Å²) in [4.78, 5) is 14.9. The van der Waals surface area contributed by atoms with Gasteiger partial charge in [-0.2, -0.15) is 0 Å². The SMILES string of the molecule is CCN(CC1COc2ccccc2O1)c1cc(-n2ccnc2)ncn1. The Morgan fingerprint density at radius 2 is 2.12 bits per heavy atom. The maximum atomic E-state index is 6.06. The quantitative estimate of drug-likeness (QED) is 0.712. The molecule has 0 spiro atoms. The number of aromatic nitrogens is 4. The van der Waals surface area contributed by atoms with Crippen molar-refractivity contribution >= 4 is 5.82 Å². The molecule has 25 heavy (non-hydrogen) atoms. The third-order valence-corrected chi connectivity index (χ3v) is 4.10. The van der Waals surface area contributed by atoms with E-state index < -0.39 is 0 Å². The predicted octanol–water partition coefficient (Wildman–Crippen LogP) is 2.33. The van der Waals surface area contributed by atoms with Gasteiger partial charge in [-0.15, -0.1) is 0 Å². The van der Waals surface area contributed by atoms with Gasteiger partial charge >= 0.3 is 0 Å². The van der Waals surface area contributed by atoms with Gasteiger partial charge in [0.1, 0.15) is 30.9 Å². The van der Waals surface area contributed by atoms with Crippen LogP contribution in [0.25, 0.3) is 5.82 Å². The van der Waals surface area contributed by atoms with E-state index in [1.54, 1.807) is 18.9 Å². The van der Waals surface area contributed by atoms with Crippen molar-refractivity contribution in [2.45, 2.75) is 13.0 Å². The number of para-hydroxylation sites is 2. The Morgan fingerprint density at radius 3 is 2.92 bits per heavy atom. The summed E-state index contributed by atoms with van der Waals surface area (Å²) in [6.45, 7) is 4.11. The van der Waals surface area contributed by atoms with Gasteiger partial charge in [0.05, 0.1) is 6.54 Å². The minimum Gasteiger partial charge on any atom is -0.486 e. The lowest BCUT2D eigenvalue weighted by Gasteiger charge is -2.31. The van der Waals surface area contributed by atoms with Gasteiger partial charge in [0, 0.05) is 25.0 Å². The minimum absolute atomic E-state index is 0.0542. The number of likely N-dealkylation sites (N-methyl/N-ethyl adjacent to an activating group) is 1. The molecule has 3 aromatic rings. The van der Waals surface area contributed by atoms with Crippen LogP contribution in [0.1, 0.15) is 6.92 Å². The van der Waals surface area contributed by atoms with Gasteiger partial charge in [-0.25, -0.2) is 15.0 Å². The fraction of sp³-hybridized carbons (Fsp3) is 0.278. The second-order valence-corrected chi connectivity index (χ2v) is 5.74. The number of hydrogen-bond donors (Lipinski definition) is 0. The third-order valence-electron chi connectivity index (χ3n) is 4.10. The minimum atomic E-state index is -0.0542. The highest BCUT2D eigenvalue weighted by Gasteiger charge is 2.23. The molecule has 0 amide bonds. The summed E-state index contributed by atoms with van der Waals surface area (Å²) in [7, 11) is 0. The van der Waals surface area contributed by atoms with Crippen molar-refractivity contribution in [1.82, 2.24) is 19.5 Å². The molecular weight excluding hydrogens is 318 g/mol. The highest BCUT2D eigenvalue weighted by atomic mass is 16.6. The van der Waals surface area contributed by atoms with Crippen molar-refractivity contribution in [3.8, 4) is 17.3 Å². The maximum Gasteiger partial charge on any atom is 0.161 e. The first-order chi connectivity index (χ1) is 12.3. The number of anilines is 1. The molecule has 0 aliphatic carbocycles. The lowest BCUT2D eigenvalue weighted by Crippen LogP contribution is -2.41. The van der Waals surface area contributed by atoms with Gasteiger partial charge < -0.3 is 14.4 Å². The van der Waals surface area contributed by atoms with E-state index in [4.69, 9.17) is 9.47 Å². The number of hydrogen-bond acceptors (Lipinski definition) is 6. The average molecular weight is 337 g/mol. The second-order valence-electron chi connectivity index (χ2n) is 5.74. The zero-order valence-electron chi connectivity index (χ0n) is 13.9. The summed E-state index contributed by atoms with van der Waals surface area (Å²) >= 11 is 0. The molecule has 0 bridgehead atoms. The largest absolute Gasteiger partial charge is 0.486 e. The van der Waals surface area contributed by atoms with Crippen LogP contribution >= 0.6 is 0 Å². The maximum absolute atomic E-state index is 6.06. The lowest BCUT2D eigenvalue weighted by atomic mass is 10.2. The molecule has 0 radical (unpaired) electrons. The molecule has 1 atom stereocenters. The molecule has 1 aromatic carbocycles. The summed E-state index contributed by atoms with van der Waals surface area (Å²) in [5.41, 5.74) is 0. The summed E-state index contributed by atoms with van der Waals surface area (Å²) in [6, 6.07) is 9.69. The molecule has 3 heterocycles. The van der Waals surface area contributed by atoms with Crippen LogP contribution in [0.3, 0.4) is 0 Å². The molecule has 2 aromatic heterocycles. The van der Waals surface area contributed by atoms with Crippen LogP contribution in [0, 0.1) is 0 Å². The smallest absolute Gasteiger partial charge is 0.161 e. The molecule has 1 aliphatic rings. The topological polar surface area (TPSA) is 65.3 Å². The first kappa shape index (κ1) is 15.4. The van der Waals surface area contributed by atoms with Crippen molar-refractivity contribution in [3.63, 3.8) is 0 Å². The Kier molecular flexibility index (Phi) is 4.20. The van der Waals surface area contributed by atoms with Crippen molar-refractivity contribution in [3.05, 3.63) is 55.4 Å². The van der Waals surface area contributed by atoms with E-state index in [2.05, 4.69) is 26.8 Å². The number of imidazole rings is 1. The summed E-state index contributed by atoms with van der Waals surface area (Å²) in [6.07, 6.45) is 6.82. The first-order valence-electron chi connectivity index (χ1n) is 8.27. The Labute approximate surface area is 145 Å². The number of fused-ring (bicyclic) bond motifs is 1. The first-order valence-corrected chi connectivity index (χ1v) is 8.27. The van der Waals surface area contributed by atoms with Crippen molar-refractivity contribution in [2.75, 3.05) is 24.6 Å². The van der Waals surface area contributed by atoms with Crippen LogP contribution in [0.2, 0.25) is 0 Å². The Morgan fingerprint density at radius 1 is 1.24 bits per heavy atom. The van der Waals surface area contributed by atoms with Gasteiger partial charge in [0.15, 0.2) is 17.6 Å². The van der Waals surface area contributed by atoms with Gasteiger partial charge in [0.2, 0.25) is 0 Å². The zero-order chi connectivity index (χ0) is 17.1. The highest BCUT2D eigenvalue weighted by molar-refractivity contribution is 5.44. The molecular formula is C18H19N5O2. The molecule has 7 heteroatoms. The van der Waals surface area contributed by atoms with Crippen molar-refractivity contribution in [1.29, 1.82) is 0 Å². The summed E-state index contributed by atoms with van der Waals surface area (Å²) in [5, 5.41) is 0. The van der Waals surface area contributed by atoms with E-state index in [1.807, 2.05) is 41.1 Å². The molecule has 1 unspecified atom stereocenters. The monoisotopic (exact) mass is 337 g/mol. The summed E-state index contributed by atoms with van der Waals surface area (Å²) < 4.78 is 13.7. The highest BCUT2D eigenvalue weighted by Crippen LogP contribution is 2.31. The fourth-order valence-corrected chi connectivity index (χ4v) is 2.83. The van der Waals surface area contributed by atoms with E-state index in [9.17, 15) is 0 Å². The molecule has 0 N–H and O–H groups in total. The fourth-order valence-electron chi connectivity index (χ4n) is 2.83. The van der Waals surface area contributed by atoms with Crippen LogP contribution in [-0.4, -0.2) is 45.3 Å².